The Morgan fingerprint density at radius 1 is 1.45 bits per heavy atom. The van der Waals surface area contributed by atoms with Gasteiger partial charge in [-0.15, -0.1) is 0 Å². The van der Waals surface area contributed by atoms with Crippen molar-refractivity contribution in [1.29, 1.82) is 0 Å². The number of hydrogen-bond acceptors (Lipinski definition) is 3. The van der Waals surface area contributed by atoms with Gasteiger partial charge in [-0.05, 0) is 20.5 Å². The highest BCUT2D eigenvalue weighted by Gasteiger charge is 2.38. The first-order valence-electron chi connectivity index (χ1n) is 4.32. The molecule has 0 aromatic heterocycles. The Balaban J connectivity index is 2.02. The maximum absolute atomic E-state index is 5.61. The molecule has 3 nitrogen and oxygen atoms in total. The molecule has 64 valence electrons. The summed E-state index contributed by atoms with van der Waals surface area (Å²) >= 11 is 0. The fraction of sp³-hybridized carbons (Fsp3) is 1.00. The molecule has 0 aromatic rings. The van der Waals surface area contributed by atoms with Crippen LogP contribution in [0.5, 0.6) is 0 Å². The second-order valence-electron chi connectivity index (χ2n) is 3.56. The van der Waals surface area contributed by atoms with Crippen molar-refractivity contribution in [3.63, 3.8) is 0 Å². The number of nitrogens with zero attached hydrogens (tertiary/aromatic N) is 1. The molecule has 2 rings (SSSR count). The number of likely N-dealkylation sites (N-methyl/N-ethyl adjacent to an activating group) is 1. The minimum atomic E-state index is 0.381. The number of ether oxygens (including phenoxy) is 1. The van der Waals surface area contributed by atoms with E-state index >= 15 is 0 Å². The van der Waals surface area contributed by atoms with E-state index in [0.717, 1.165) is 13.0 Å². The number of piperidine rings is 1. The number of fused-ring (bicyclic) bond motifs is 2. The molecule has 2 aliphatic heterocycles. The Morgan fingerprint density at radius 3 is 2.91 bits per heavy atom. The standard InChI is InChI=1S/C8H16N2O/c1-9-6-3-7-5-11-8(4-6)10(7)2/h6-9H,3-5H2,1-2H3. The van der Waals surface area contributed by atoms with E-state index in [1.54, 1.807) is 0 Å². The number of hydrogen-bond donors (Lipinski definition) is 1. The van der Waals surface area contributed by atoms with Crippen LogP contribution in [0, 0.1) is 0 Å². The third kappa shape index (κ3) is 1.17. The van der Waals surface area contributed by atoms with E-state index < -0.39 is 0 Å². The second-order valence-corrected chi connectivity index (χ2v) is 3.56. The maximum Gasteiger partial charge on any atom is 0.112 e. The summed E-state index contributed by atoms with van der Waals surface area (Å²) in [6.07, 6.45) is 2.76. The Morgan fingerprint density at radius 2 is 2.27 bits per heavy atom. The molecule has 2 bridgehead atoms. The molecule has 1 N–H and O–H groups in total. The van der Waals surface area contributed by atoms with Crippen LogP contribution in [0.15, 0.2) is 0 Å². The molecule has 3 atom stereocenters. The van der Waals surface area contributed by atoms with Gasteiger partial charge in [-0.1, -0.05) is 0 Å². The molecular formula is C8H16N2O. The molecule has 0 aromatic carbocycles. The lowest BCUT2D eigenvalue weighted by Gasteiger charge is -2.33. The predicted molar refractivity (Wildman–Crippen MR) is 43.4 cm³/mol. The second kappa shape index (κ2) is 2.73. The van der Waals surface area contributed by atoms with Crippen LogP contribution >= 0.6 is 0 Å². The fourth-order valence-corrected chi connectivity index (χ4v) is 2.06. The van der Waals surface area contributed by atoms with Crippen molar-refractivity contribution in [2.24, 2.45) is 0 Å². The van der Waals surface area contributed by atoms with Crippen LogP contribution in [0.1, 0.15) is 12.8 Å². The molecule has 0 radical (unpaired) electrons. The Bertz CT molecular complexity index is 137. The Kier molecular flexibility index (Phi) is 1.87. The molecule has 0 saturated carbocycles. The van der Waals surface area contributed by atoms with Crippen molar-refractivity contribution in [2.45, 2.75) is 31.2 Å². The van der Waals surface area contributed by atoms with Gasteiger partial charge in [0.05, 0.1) is 6.61 Å². The molecule has 11 heavy (non-hydrogen) atoms. The van der Waals surface area contributed by atoms with Gasteiger partial charge in [0.25, 0.3) is 0 Å². The summed E-state index contributed by atoms with van der Waals surface area (Å²) in [6, 6.07) is 1.33. The first-order valence-corrected chi connectivity index (χ1v) is 4.32. The van der Waals surface area contributed by atoms with E-state index in [2.05, 4.69) is 17.3 Å². The quantitative estimate of drug-likeness (QED) is 0.579. The largest absolute Gasteiger partial charge is 0.361 e. The van der Waals surface area contributed by atoms with Gasteiger partial charge >= 0.3 is 0 Å². The molecule has 3 unspecified atom stereocenters. The minimum Gasteiger partial charge on any atom is -0.361 e. The molecular weight excluding hydrogens is 140 g/mol. The van der Waals surface area contributed by atoms with E-state index in [0.29, 0.717) is 18.3 Å². The highest BCUT2D eigenvalue weighted by atomic mass is 16.5. The van der Waals surface area contributed by atoms with Gasteiger partial charge in [0.1, 0.15) is 6.23 Å². The number of rotatable bonds is 1. The third-order valence-electron chi connectivity index (χ3n) is 2.96. The van der Waals surface area contributed by atoms with Gasteiger partial charge in [0, 0.05) is 18.5 Å². The van der Waals surface area contributed by atoms with Crippen LogP contribution in [-0.4, -0.2) is 43.9 Å². The zero-order valence-corrected chi connectivity index (χ0v) is 7.21. The smallest absolute Gasteiger partial charge is 0.112 e. The van der Waals surface area contributed by atoms with Crippen molar-refractivity contribution in [2.75, 3.05) is 20.7 Å². The maximum atomic E-state index is 5.61. The van der Waals surface area contributed by atoms with Crippen LogP contribution in [-0.2, 0) is 4.74 Å². The predicted octanol–water partition coefficient (Wildman–Crippen LogP) is 0.0249. The van der Waals surface area contributed by atoms with Gasteiger partial charge in [-0.25, -0.2) is 0 Å². The first kappa shape index (κ1) is 7.53. The van der Waals surface area contributed by atoms with Crippen molar-refractivity contribution in [3.8, 4) is 0 Å². The van der Waals surface area contributed by atoms with E-state index in [9.17, 15) is 0 Å². The van der Waals surface area contributed by atoms with E-state index in [-0.39, 0.29) is 0 Å². The van der Waals surface area contributed by atoms with Crippen LogP contribution < -0.4 is 5.32 Å². The number of nitrogens with one attached hydrogen (secondary N) is 1. The SMILES string of the molecule is CNC1CC2COC(C1)N2C. The van der Waals surface area contributed by atoms with Gasteiger partial charge in [-0.3, -0.25) is 4.90 Å². The average Bonchev–Trinajstić information content (AvgIpc) is 2.26. The summed E-state index contributed by atoms with van der Waals surface area (Å²) in [5.41, 5.74) is 0. The fourth-order valence-electron chi connectivity index (χ4n) is 2.06. The van der Waals surface area contributed by atoms with Crippen LogP contribution in [0.2, 0.25) is 0 Å². The molecule has 2 aliphatic rings. The summed E-state index contributed by atoms with van der Waals surface area (Å²) in [5.74, 6) is 0. The summed E-state index contributed by atoms with van der Waals surface area (Å²) in [7, 11) is 4.20. The molecule has 2 heterocycles. The topological polar surface area (TPSA) is 24.5 Å². The average molecular weight is 156 g/mol. The van der Waals surface area contributed by atoms with Gasteiger partial charge in [-0.2, -0.15) is 0 Å². The van der Waals surface area contributed by atoms with E-state index in [4.69, 9.17) is 4.74 Å². The molecule has 0 spiro atoms. The third-order valence-corrected chi connectivity index (χ3v) is 2.96. The van der Waals surface area contributed by atoms with E-state index in [1.807, 2.05) is 7.05 Å². The normalized spacial score (nSPS) is 44.7. The molecule has 0 amide bonds. The minimum absolute atomic E-state index is 0.381. The molecule has 2 saturated heterocycles. The van der Waals surface area contributed by atoms with Gasteiger partial charge in [0.2, 0.25) is 0 Å². The zero-order chi connectivity index (χ0) is 7.84. The van der Waals surface area contributed by atoms with Crippen molar-refractivity contribution in [1.82, 2.24) is 10.2 Å². The van der Waals surface area contributed by atoms with Gasteiger partial charge < -0.3 is 10.1 Å². The summed E-state index contributed by atoms with van der Waals surface area (Å²) in [4.78, 5) is 2.36. The molecule has 0 aliphatic carbocycles. The summed E-state index contributed by atoms with van der Waals surface area (Å²) < 4.78 is 5.61. The summed E-state index contributed by atoms with van der Waals surface area (Å²) in [5, 5.41) is 3.32. The Hall–Kier alpha value is -0.120. The lowest BCUT2D eigenvalue weighted by atomic mass is 9.99. The highest BCUT2D eigenvalue weighted by Crippen LogP contribution is 2.28. The van der Waals surface area contributed by atoms with Crippen molar-refractivity contribution >= 4 is 0 Å². The highest BCUT2D eigenvalue weighted by molar-refractivity contribution is 4.90. The first-order chi connectivity index (χ1) is 5.31. The van der Waals surface area contributed by atoms with Gasteiger partial charge in [0.15, 0.2) is 0 Å². The lowest BCUT2D eigenvalue weighted by Crippen LogP contribution is -2.46. The van der Waals surface area contributed by atoms with Crippen LogP contribution in [0.4, 0.5) is 0 Å². The van der Waals surface area contributed by atoms with Crippen molar-refractivity contribution in [3.05, 3.63) is 0 Å². The summed E-state index contributed by atoms with van der Waals surface area (Å²) in [6.45, 7) is 0.930. The van der Waals surface area contributed by atoms with Crippen LogP contribution in [0.25, 0.3) is 0 Å². The van der Waals surface area contributed by atoms with E-state index in [1.165, 1.54) is 6.42 Å². The molecule has 3 heteroatoms. The lowest BCUT2D eigenvalue weighted by molar-refractivity contribution is 0.0171. The van der Waals surface area contributed by atoms with Crippen LogP contribution in [0.3, 0.4) is 0 Å². The monoisotopic (exact) mass is 156 g/mol. The molecule has 2 fully saturated rings. The zero-order valence-electron chi connectivity index (χ0n) is 7.21. The Labute approximate surface area is 67.7 Å². The van der Waals surface area contributed by atoms with Crippen molar-refractivity contribution < 1.29 is 4.74 Å².